The van der Waals surface area contributed by atoms with Gasteiger partial charge in [0.25, 0.3) is 0 Å². The number of rotatable bonds is 4. The third-order valence-electron chi connectivity index (χ3n) is 3.47. The average molecular weight is 345 g/mol. The number of nitrogens with zero attached hydrogens (tertiary/aromatic N) is 4. The first-order valence-electron chi connectivity index (χ1n) is 6.98. The normalized spacial score (nSPS) is 10.6. The Morgan fingerprint density at radius 3 is 2.75 bits per heavy atom. The lowest BCUT2D eigenvalue weighted by Crippen LogP contribution is -2.06. The first-order valence-corrected chi connectivity index (χ1v) is 7.35. The third-order valence-corrected chi connectivity index (χ3v) is 3.88. The van der Waals surface area contributed by atoms with Crippen LogP contribution in [0.5, 0.6) is 5.75 Å². The number of carboxylic acid groups (broad SMARTS) is 1. The summed E-state index contributed by atoms with van der Waals surface area (Å²) >= 11 is 6.13. The first kappa shape index (κ1) is 15.9. The molecule has 0 saturated carbocycles. The molecule has 0 saturated heterocycles. The number of halogens is 1. The summed E-state index contributed by atoms with van der Waals surface area (Å²) in [6.07, 6.45) is 1.57. The molecule has 0 spiro atoms. The minimum atomic E-state index is -1.19. The summed E-state index contributed by atoms with van der Waals surface area (Å²) in [6, 6.07) is 8.60. The number of aromatic carboxylic acids is 1. The molecule has 8 heteroatoms. The van der Waals surface area contributed by atoms with Crippen molar-refractivity contribution in [1.82, 2.24) is 20.0 Å². The molecule has 3 aromatic rings. The summed E-state index contributed by atoms with van der Waals surface area (Å²) in [6.45, 7) is 1.83. The molecule has 3 rings (SSSR count). The molecule has 24 heavy (non-hydrogen) atoms. The molecule has 0 amide bonds. The van der Waals surface area contributed by atoms with E-state index in [1.807, 2.05) is 6.92 Å². The second-order valence-electron chi connectivity index (χ2n) is 4.99. The van der Waals surface area contributed by atoms with Gasteiger partial charge in [-0.1, -0.05) is 22.9 Å². The molecule has 1 N–H and O–H groups in total. The molecule has 122 valence electrons. The van der Waals surface area contributed by atoms with Gasteiger partial charge in [0.05, 0.1) is 12.8 Å². The van der Waals surface area contributed by atoms with Crippen LogP contribution in [0.1, 0.15) is 16.1 Å². The van der Waals surface area contributed by atoms with Crippen LogP contribution in [0.4, 0.5) is 0 Å². The summed E-state index contributed by atoms with van der Waals surface area (Å²) in [7, 11) is 1.50. The van der Waals surface area contributed by atoms with Crippen molar-refractivity contribution in [2.24, 2.45) is 0 Å². The molecule has 0 aliphatic heterocycles. The zero-order chi connectivity index (χ0) is 17.3. The monoisotopic (exact) mass is 344 g/mol. The van der Waals surface area contributed by atoms with E-state index in [4.69, 9.17) is 16.3 Å². The molecule has 0 unspecified atom stereocenters. The van der Waals surface area contributed by atoms with Crippen LogP contribution in [0.3, 0.4) is 0 Å². The summed E-state index contributed by atoms with van der Waals surface area (Å²) in [4.78, 5) is 15.7. The number of aryl methyl sites for hydroxylation is 1. The highest BCUT2D eigenvalue weighted by Crippen LogP contribution is 2.32. The summed E-state index contributed by atoms with van der Waals surface area (Å²) in [5, 5.41) is 17.7. The molecule has 2 aromatic heterocycles. The van der Waals surface area contributed by atoms with Crippen LogP contribution >= 0.6 is 11.6 Å². The largest absolute Gasteiger partial charge is 0.494 e. The predicted molar refractivity (Wildman–Crippen MR) is 87.8 cm³/mol. The van der Waals surface area contributed by atoms with Gasteiger partial charge in [-0.15, -0.1) is 5.10 Å². The average Bonchev–Trinajstić information content (AvgIpc) is 3.02. The highest BCUT2D eigenvalue weighted by atomic mass is 35.5. The number of hydrogen-bond acceptors (Lipinski definition) is 5. The molecule has 7 nitrogen and oxygen atoms in total. The highest BCUT2D eigenvalue weighted by molar-refractivity contribution is 6.31. The molecule has 2 heterocycles. The van der Waals surface area contributed by atoms with E-state index in [1.165, 1.54) is 11.8 Å². The fourth-order valence-electron chi connectivity index (χ4n) is 2.30. The van der Waals surface area contributed by atoms with Crippen LogP contribution in [-0.4, -0.2) is 38.2 Å². The van der Waals surface area contributed by atoms with Gasteiger partial charge in [-0.25, -0.2) is 9.48 Å². The number of methoxy groups -OCH3 is 1. The molecule has 1 aromatic carbocycles. The standard InChI is InChI=1S/C16H13ClN4O3/c1-9-7-12(13(24-2)8-10(9)17)21-15(11-5-3-4-6-18-11)14(16(22)23)19-20-21/h3-8H,1-2H3,(H,22,23). The lowest BCUT2D eigenvalue weighted by molar-refractivity contribution is 0.0691. The first-order chi connectivity index (χ1) is 11.5. The lowest BCUT2D eigenvalue weighted by atomic mass is 10.1. The van der Waals surface area contributed by atoms with Crippen molar-refractivity contribution in [3.63, 3.8) is 0 Å². The van der Waals surface area contributed by atoms with Crippen molar-refractivity contribution in [2.45, 2.75) is 6.92 Å². The highest BCUT2D eigenvalue weighted by Gasteiger charge is 2.24. The molecule has 0 fully saturated rings. The maximum absolute atomic E-state index is 11.5. The number of pyridine rings is 1. The Bertz CT molecular complexity index is 909. The van der Waals surface area contributed by atoms with Crippen molar-refractivity contribution < 1.29 is 14.6 Å². The van der Waals surface area contributed by atoms with Crippen LogP contribution in [0.15, 0.2) is 36.5 Å². The van der Waals surface area contributed by atoms with Crippen molar-refractivity contribution >= 4 is 17.6 Å². The van der Waals surface area contributed by atoms with Gasteiger partial charge in [0.2, 0.25) is 0 Å². The Hall–Kier alpha value is -2.93. The lowest BCUT2D eigenvalue weighted by Gasteiger charge is -2.13. The Kier molecular flexibility index (Phi) is 4.18. The van der Waals surface area contributed by atoms with Crippen LogP contribution in [0.25, 0.3) is 17.1 Å². The quantitative estimate of drug-likeness (QED) is 0.782. The van der Waals surface area contributed by atoms with Gasteiger partial charge in [-0.3, -0.25) is 4.98 Å². The molecule has 0 atom stereocenters. The maximum Gasteiger partial charge on any atom is 0.358 e. The minimum Gasteiger partial charge on any atom is -0.494 e. The van der Waals surface area contributed by atoms with Crippen molar-refractivity contribution in [3.8, 4) is 22.8 Å². The number of ether oxygens (including phenoxy) is 1. The van der Waals surface area contributed by atoms with Gasteiger partial charge in [0, 0.05) is 17.3 Å². The summed E-state index contributed by atoms with van der Waals surface area (Å²) in [5.74, 6) is -0.740. The Morgan fingerprint density at radius 1 is 1.33 bits per heavy atom. The van der Waals surface area contributed by atoms with E-state index in [-0.39, 0.29) is 11.4 Å². The fourth-order valence-corrected chi connectivity index (χ4v) is 2.46. The SMILES string of the molecule is COc1cc(Cl)c(C)cc1-n1nnc(C(=O)O)c1-c1ccccn1. The van der Waals surface area contributed by atoms with Gasteiger partial charge in [0.15, 0.2) is 5.69 Å². The maximum atomic E-state index is 11.5. The molecule has 0 aliphatic carbocycles. The summed E-state index contributed by atoms with van der Waals surface area (Å²) in [5.41, 5.74) is 1.84. The Labute approximate surface area is 142 Å². The van der Waals surface area contributed by atoms with Gasteiger partial charge < -0.3 is 9.84 Å². The van der Waals surface area contributed by atoms with E-state index in [0.29, 0.717) is 22.2 Å². The molecular weight excluding hydrogens is 332 g/mol. The number of carbonyl (C=O) groups is 1. The molecule has 0 radical (unpaired) electrons. The van der Waals surface area contributed by atoms with Crippen molar-refractivity contribution in [1.29, 1.82) is 0 Å². The molecular formula is C16H13ClN4O3. The Balaban J connectivity index is 2.31. The van der Waals surface area contributed by atoms with Crippen LogP contribution in [0.2, 0.25) is 5.02 Å². The van der Waals surface area contributed by atoms with E-state index in [1.54, 1.807) is 36.5 Å². The van der Waals surface area contributed by atoms with E-state index in [2.05, 4.69) is 15.3 Å². The summed E-state index contributed by atoms with van der Waals surface area (Å²) < 4.78 is 6.75. The van der Waals surface area contributed by atoms with Gasteiger partial charge in [-0.2, -0.15) is 0 Å². The van der Waals surface area contributed by atoms with Crippen molar-refractivity contribution in [2.75, 3.05) is 7.11 Å². The number of hydrogen-bond donors (Lipinski definition) is 1. The minimum absolute atomic E-state index is 0.191. The van der Waals surface area contributed by atoms with Crippen LogP contribution < -0.4 is 4.74 Å². The number of carboxylic acids is 1. The van der Waals surface area contributed by atoms with Gasteiger partial charge in [-0.05, 0) is 30.7 Å². The Morgan fingerprint density at radius 2 is 2.12 bits per heavy atom. The topological polar surface area (TPSA) is 90.1 Å². The van der Waals surface area contributed by atoms with Crippen LogP contribution in [0, 0.1) is 6.92 Å². The molecule has 0 aliphatic rings. The zero-order valence-electron chi connectivity index (χ0n) is 12.9. The second kappa shape index (κ2) is 6.29. The zero-order valence-corrected chi connectivity index (χ0v) is 13.7. The van der Waals surface area contributed by atoms with E-state index in [9.17, 15) is 9.90 Å². The smallest absolute Gasteiger partial charge is 0.358 e. The molecule has 0 bridgehead atoms. The van der Waals surface area contributed by atoms with Gasteiger partial charge in [0.1, 0.15) is 17.1 Å². The number of benzene rings is 1. The fraction of sp³-hybridized carbons (Fsp3) is 0.125. The second-order valence-corrected chi connectivity index (χ2v) is 5.40. The van der Waals surface area contributed by atoms with E-state index in [0.717, 1.165) is 5.56 Å². The number of aromatic nitrogens is 4. The van der Waals surface area contributed by atoms with Crippen LogP contribution in [-0.2, 0) is 0 Å². The predicted octanol–water partition coefficient (Wildman–Crippen LogP) is 3.00. The van der Waals surface area contributed by atoms with Crippen molar-refractivity contribution in [3.05, 3.63) is 52.8 Å². The van der Waals surface area contributed by atoms with E-state index >= 15 is 0 Å². The third kappa shape index (κ3) is 2.69. The van der Waals surface area contributed by atoms with Gasteiger partial charge >= 0.3 is 5.97 Å². The van der Waals surface area contributed by atoms with E-state index < -0.39 is 5.97 Å².